The first-order valence-electron chi connectivity index (χ1n) is 10.4. The van der Waals surface area contributed by atoms with Crippen LogP contribution in [0.15, 0.2) is 37.4 Å². The van der Waals surface area contributed by atoms with Crippen molar-refractivity contribution in [1.82, 2.24) is 5.32 Å². The third-order valence-electron chi connectivity index (χ3n) is 5.15. The molecule has 1 fully saturated rings. The molecule has 0 saturated carbocycles. The molecule has 1 aliphatic rings. The van der Waals surface area contributed by atoms with Crippen molar-refractivity contribution in [1.29, 1.82) is 0 Å². The molecule has 1 aromatic carbocycles. The molecule has 0 aromatic heterocycles. The van der Waals surface area contributed by atoms with E-state index in [-0.39, 0.29) is 48.9 Å². The van der Waals surface area contributed by atoms with Crippen molar-refractivity contribution in [2.45, 2.75) is 12.5 Å². The lowest BCUT2D eigenvalue weighted by Crippen LogP contribution is -2.35. The van der Waals surface area contributed by atoms with E-state index in [0.717, 1.165) is 0 Å². The van der Waals surface area contributed by atoms with Gasteiger partial charge in [-0.2, -0.15) is 0 Å². The van der Waals surface area contributed by atoms with Crippen LogP contribution in [0.3, 0.4) is 0 Å². The van der Waals surface area contributed by atoms with E-state index in [1.165, 1.54) is 38.5 Å². The minimum Gasteiger partial charge on any atom is -0.496 e. The normalized spacial score (nSPS) is 17.7. The zero-order valence-corrected chi connectivity index (χ0v) is 19.9. The summed E-state index contributed by atoms with van der Waals surface area (Å²) in [6.45, 7) is 7.17. The number of ether oxygens (including phenoxy) is 4. The van der Waals surface area contributed by atoms with E-state index in [1.807, 2.05) is 0 Å². The first-order chi connectivity index (χ1) is 16.3. The van der Waals surface area contributed by atoms with Crippen LogP contribution in [0.1, 0.15) is 16.8 Å². The fourth-order valence-electron chi connectivity index (χ4n) is 3.53. The molecule has 2 N–H and O–H groups in total. The van der Waals surface area contributed by atoms with Crippen molar-refractivity contribution >= 4 is 41.3 Å². The van der Waals surface area contributed by atoms with Crippen molar-refractivity contribution in [3.63, 3.8) is 0 Å². The molecule has 1 amide bonds. The SMILES string of the molecule is C=CCOC(=O)c1cc(NC(=O)C2C[C@@H]([C@H](C(=O)S)C(=O)OCC=C)CN2)c(OC)cc1OC. The Morgan fingerprint density at radius 2 is 1.76 bits per heavy atom. The Bertz CT molecular complexity index is 965. The van der Waals surface area contributed by atoms with Crippen LogP contribution in [0.5, 0.6) is 11.5 Å². The van der Waals surface area contributed by atoms with Crippen molar-refractivity contribution in [3.05, 3.63) is 43.0 Å². The number of amides is 1. The highest BCUT2D eigenvalue weighted by Crippen LogP contribution is 2.34. The molecule has 1 saturated heterocycles. The maximum atomic E-state index is 12.9. The van der Waals surface area contributed by atoms with Crippen LogP contribution >= 0.6 is 12.6 Å². The number of nitrogens with one attached hydrogen (secondary N) is 2. The van der Waals surface area contributed by atoms with Gasteiger partial charge in [-0.1, -0.05) is 25.3 Å². The summed E-state index contributed by atoms with van der Waals surface area (Å²) in [5, 5.41) is 5.08. The summed E-state index contributed by atoms with van der Waals surface area (Å²) < 4.78 is 20.6. The van der Waals surface area contributed by atoms with Gasteiger partial charge >= 0.3 is 11.9 Å². The first kappa shape index (κ1) is 26.9. The lowest BCUT2D eigenvalue weighted by molar-refractivity contribution is -0.151. The number of carbonyl (C=O) groups excluding carboxylic acids is 4. The second kappa shape index (κ2) is 12.8. The number of rotatable bonds is 12. The molecule has 0 spiro atoms. The van der Waals surface area contributed by atoms with Crippen molar-refractivity contribution < 1.29 is 38.1 Å². The third-order valence-corrected chi connectivity index (χ3v) is 5.43. The molecule has 1 heterocycles. The lowest BCUT2D eigenvalue weighted by Gasteiger charge is -2.18. The molecule has 0 bridgehead atoms. The molecule has 3 atom stereocenters. The van der Waals surface area contributed by atoms with Crippen LogP contribution in [-0.2, 0) is 23.9 Å². The van der Waals surface area contributed by atoms with Gasteiger partial charge in [0.15, 0.2) is 5.12 Å². The fraction of sp³-hybridized carbons (Fsp3) is 0.391. The van der Waals surface area contributed by atoms with Gasteiger partial charge in [-0.05, 0) is 18.4 Å². The fourth-order valence-corrected chi connectivity index (χ4v) is 3.85. The topological polar surface area (TPSA) is 129 Å². The molecule has 10 nitrogen and oxygen atoms in total. The van der Waals surface area contributed by atoms with Crippen LogP contribution in [-0.4, -0.2) is 63.0 Å². The molecule has 0 radical (unpaired) electrons. The van der Waals surface area contributed by atoms with Gasteiger partial charge in [0.2, 0.25) is 5.91 Å². The molecule has 1 unspecified atom stereocenters. The Labute approximate surface area is 203 Å². The van der Waals surface area contributed by atoms with Crippen molar-refractivity contribution in [3.8, 4) is 11.5 Å². The van der Waals surface area contributed by atoms with Crippen LogP contribution in [0.25, 0.3) is 0 Å². The molecule has 2 rings (SSSR count). The molecule has 34 heavy (non-hydrogen) atoms. The highest BCUT2D eigenvalue weighted by molar-refractivity contribution is 7.96. The number of hydrogen-bond donors (Lipinski definition) is 3. The van der Waals surface area contributed by atoms with E-state index in [2.05, 4.69) is 36.4 Å². The van der Waals surface area contributed by atoms with Gasteiger partial charge in [-0.25, -0.2) is 4.79 Å². The van der Waals surface area contributed by atoms with E-state index < -0.39 is 40.8 Å². The largest absolute Gasteiger partial charge is 0.496 e. The van der Waals surface area contributed by atoms with Gasteiger partial charge in [0.25, 0.3) is 0 Å². The number of methoxy groups -OCH3 is 2. The average molecular weight is 493 g/mol. The summed E-state index contributed by atoms with van der Waals surface area (Å²) in [5.74, 6) is -2.96. The summed E-state index contributed by atoms with van der Waals surface area (Å²) in [7, 11) is 2.79. The average Bonchev–Trinajstić information content (AvgIpc) is 3.30. The van der Waals surface area contributed by atoms with Gasteiger partial charge in [0.05, 0.1) is 25.9 Å². The van der Waals surface area contributed by atoms with E-state index in [1.54, 1.807) is 0 Å². The molecule has 0 aliphatic carbocycles. The van der Waals surface area contributed by atoms with Gasteiger partial charge in [0.1, 0.15) is 36.2 Å². The Hall–Kier alpha value is -3.31. The Balaban J connectivity index is 2.19. The summed E-state index contributed by atoms with van der Waals surface area (Å²) >= 11 is 3.82. The molecule has 1 aromatic rings. The highest BCUT2D eigenvalue weighted by atomic mass is 32.1. The van der Waals surface area contributed by atoms with E-state index in [4.69, 9.17) is 18.9 Å². The predicted molar refractivity (Wildman–Crippen MR) is 127 cm³/mol. The third kappa shape index (κ3) is 6.61. The maximum Gasteiger partial charge on any atom is 0.342 e. The van der Waals surface area contributed by atoms with Gasteiger partial charge < -0.3 is 29.6 Å². The molecule has 1 aliphatic heterocycles. The van der Waals surface area contributed by atoms with Crippen LogP contribution in [0.2, 0.25) is 0 Å². The highest BCUT2D eigenvalue weighted by Gasteiger charge is 2.41. The van der Waals surface area contributed by atoms with Crippen molar-refractivity contribution in [2.24, 2.45) is 11.8 Å². The second-order valence-corrected chi connectivity index (χ2v) is 7.76. The summed E-state index contributed by atoms with van der Waals surface area (Å²) in [6.07, 6.45) is 3.01. The van der Waals surface area contributed by atoms with Gasteiger partial charge in [-0.3, -0.25) is 14.4 Å². The number of anilines is 1. The Morgan fingerprint density at radius 1 is 1.12 bits per heavy atom. The number of benzene rings is 1. The van der Waals surface area contributed by atoms with Crippen LogP contribution in [0.4, 0.5) is 5.69 Å². The summed E-state index contributed by atoms with van der Waals surface area (Å²) in [5.41, 5.74) is 0.305. The predicted octanol–water partition coefficient (Wildman–Crippen LogP) is 1.76. The Kier molecular flexibility index (Phi) is 10.1. The molecular weight excluding hydrogens is 464 g/mol. The number of carbonyl (C=O) groups is 4. The standard InChI is InChI=1S/C23H28N2O8S/c1-5-7-32-21(27)14-10-15(18(31-4)11-17(14)30-3)25-20(26)16-9-13(12-24-16)19(23(29)34)22(28)33-8-6-2/h5-6,10-11,13,16,19,24H,1-2,7-9,12H2,3-4H3,(H,25,26)(H,29,34)/t13-,16?,19+/m1/s1. The monoisotopic (exact) mass is 492 g/mol. The lowest BCUT2D eigenvalue weighted by atomic mass is 9.90. The molecular formula is C23H28N2O8S. The van der Waals surface area contributed by atoms with Crippen molar-refractivity contribution in [2.75, 3.05) is 39.3 Å². The quantitative estimate of drug-likeness (QED) is 0.173. The first-order valence-corrected chi connectivity index (χ1v) is 10.8. The van der Waals surface area contributed by atoms with Gasteiger partial charge in [0, 0.05) is 12.6 Å². The maximum absolute atomic E-state index is 12.9. The summed E-state index contributed by atoms with van der Waals surface area (Å²) in [4.78, 5) is 49.6. The van der Waals surface area contributed by atoms with E-state index in [9.17, 15) is 19.2 Å². The Morgan fingerprint density at radius 3 is 2.35 bits per heavy atom. The summed E-state index contributed by atoms with van der Waals surface area (Å²) in [6, 6.07) is 2.13. The smallest absolute Gasteiger partial charge is 0.342 e. The van der Waals surface area contributed by atoms with E-state index in [0.29, 0.717) is 0 Å². The zero-order chi connectivity index (χ0) is 25.3. The van der Waals surface area contributed by atoms with Crippen LogP contribution < -0.4 is 20.1 Å². The van der Waals surface area contributed by atoms with Gasteiger partial charge in [-0.15, -0.1) is 12.6 Å². The molecule has 184 valence electrons. The minimum absolute atomic E-state index is 0.00333. The molecule has 11 heteroatoms. The zero-order valence-electron chi connectivity index (χ0n) is 19.0. The number of hydrogen-bond acceptors (Lipinski definition) is 9. The number of thiol groups is 1. The minimum atomic E-state index is -1.12. The van der Waals surface area contributed by atoms with Crippen LogP contribution in [0, 0.1) is 11.8 Å². The van der Waals surface area contributed by atoms with E-state index >= 15 is 0 Å². The number of esters is 2. The second-order valence-electron chi connectivity index (χ2n) is 7.32.